The number of carbonyl (C=O) groups excluding carboxylic acids is 1. The van der Waals surface area contributed by atoms with E-state index in [4.69, 9.17) is 10.2 Å². The van der Waals surface area contributed by atoms with Crippen LogP contribution in [0.4, 0.5) is 5.13 Å². The van der Waals surface area contributed by atoms with Crippen molar-refractivity contribution in [1.29, 1.82) is 5.26 Å². The predicted molar refractivity (Wildman–Crippen MR) is 125 cm³/mol. The van der Waals surface area contributed by atoms with Gasteiger partial charge in [-0.05, 0) is 26.0 Å². The Morgan fingerprint density at radius 3 is 2.62 bits per heavy atom. The Hall–Kier alpha value is -4.22. The quantitative estimate of drug-likeness (QED) is 0.442. The maximum Gasteiger partial charge on any atom is 0.261 e. The van der Waals surface area contributed by atoms with Gasteiger partial charge in [0.25, 0.3) is 5.91 Å². The lowest BCUT2D eigenvalue weighted by Crippen LogP contribution is -2.15. The summed E-state index contributed by atoms with van der Waals surface area (Å²) in [7, 11) is 0. The molecule has 2 heterocycles. The molecule has 0 aliphatic carbocycles. The molecule has 0 atom stereocenters. The predicted octanol–water partition coefficient (Wildman–Crippen LogP) is 4.69. The molecule has 158 valence electrons. The molecule has 2 aromatic heterocycles. The Kier molecular flexibility index (Phi) is 5.58. The molecule has 0 aliphatic heterocycles. The van der Waals surface area contributed by atoms with Crippen LogP contribution in [-0.4, -0.2) is 10.9 Å². The van der Waals surface area contributed by atoms with E-state index in [0.717, 1.165) is 5.56 Å². The smallest absolute Gasteiger partial charge is 0.261 e. The number of nitrogens with one attached hydrogen (secondary N) is 1. The molecule has 0 fully saturated rings. The highest BCUT2D eigenvalue weighted by Gasteiger charge is 2.19. The molecule has 0 aliphatic rings. The molecule has 0 spiro atoms. The number of hydrogen-bond donors (Lipinski definition) is 2. The fourth-order valence-electron chi connectivity index (χ4n) is 3.31. The van der Waals surface area contributed by atoms with E-state index in [1.54, 1.807) is 37.4 Å². The van der Waals surface area contributed by atoms with Gasteiger partial charge in [-0.25, -0.2) is 4.98 Å². The zero-order chi connectivity index (χ0) is 22.8. The lowest BCUT2D eigenvalue weighted by Gasteiger charge is -2.10. The molecule has 32 heavy (non-hydrogen) atoms. The van der Waals surface area contributed by atoms with Gasteiger partial charge in [-0.15, -0.1) is 11.3 Å². The van der Waals surface area contributed by atoms with E-state index < -0.39 is 5.91 Å². The van der Waals surface area contributed by atoms with Crippen LogP contribution in [0.25, 0.3) is 27.9 Å². The number of fused-ring (bicyclic) bond motifs is 1. The second-order valence-corrected chi connectivity index (χ2v) is 7.95. The van der Waals surface area contributed by atoms with E-state index in [9.17, 15) is 14.9 Å². The third-order valence-electron chi connectivity index (χ3n) is 4.91. The molecule has 0 saturated heterocycles. The van der Waals surface area contributed by atoms with Crippen molar-refractivity contribution >= 4 is 38.9 Å². The van der Waals surface area contributed by atoms with Crippen molar-refractivity contribution in [2.24, 2.45) is 5.73 Å². The molecular weight excluding hydrogens is 424 g/mol. The molecule has 1 amide bonds. The second-order valence-electron chi connectivity index (χ2n) is 7.10. The molecule has 8 heteroatoms. The largest absolute Gasteiger partial charge is 0.455 e. The number of amides is 1. The van der Waals surface area contributed by atoms with Crippen LogP contribution in [-0.2, 0) is 0 Å². The summed E-state index contributed by atoms with van der Waals surface area (Å²) in [6.45, 7) is 3.32. The minimum Gasteiger partial charge on any atom is -0.455 e. The van der Waals surface area contributed by atoms with Gasteiger partial charge in [0.15, 0.2) is 16.1 Å². The number of para-hydroxylation sites is 1. The summed E-state index contributed by atoms with van der Waals surface area (Å²) in [6.07, 6.45) is 0. The van der Waals surface area contributed by atoms with Gasteiger partial charge in [-0.2, -0.15) is 5.26 Å². The number of nitrogens with zero attached hydrogens (tertiary/aromatic N) is 2. The number of carbonyl (C=O) groups is 1. The van der Waals surface area contributed by atoms with Crippen molar-refractivity contribution in [3.05, 3.63) is 86.7 Å². The van der Waals surface area contributed by atoms with Crippen LogP contribution in [0.2, 0.25) is 0 Å². The van der Waals surface area contributed by atoms with Crippen molar-refractivity contribution in [2.45, 2.75) is 13.8 Å². The molecule has 0 radical (unpaired) electrons. The minimum atomic E-state index is -0.477. The van der Waals surface area contributed by atoms with Gasteiger partial charge in [0.2, 0.25) is 0 Å². The molecule has 4 rings (SSSR count). The zero-order valence-electron chi connectivity index (χ0n) is 17.3. The van der Waals surface area contributed by atoms with Crippen LogP contribution < -0.4 is 16.5 Å². The summed E-state index contributed by atoms with van der Waals surface area (Å²) >= 11 is 1.17. The Balaban J connectivity index is 1.77. The summed E-state index contributed by atoms with van der Waals surface area (Å²) in [5.74, 6) is -0.0587. The van der Waals surface area contributed by atoms with E-state index in [1.165, 1.54) is 11.3 Å². The Bertz CT molecular complexity index is 1470. The summed E-state index contributed by atoms with van der Waals surface area (Å²) < 4.78 is 6.10. The standard InChI is InChI=1S/C24H18N4O3S/c1-13-20(29)16-9-6-10-17(22(16)31-21(13)15-7-4-3-5-8-15)23(30)28-24-27-19(12-32-24)18(11-25)14(2)26/h3-10,12H,26H2,1-2H3,(H,27,28,30). The molecule has 4 aromatic rings. The van der Waals surface area contributed by atoms with Gasteiger partial charge in [-0.1, -0.05) is 36.4 Å². The van der Waals surface area contributed by atoms with Crippen molar-refractivity contribution in [3.8, 4) is 17.4 Å². The number of anilines is 1. The number of benzene rings is 2. The average molecular weight is 443 g/mol. The highest BCUT2D eigenvalue weighted by molar-refractivity contribution is 7.14. The van der Waals surface area contributed by atoms with Gasteiger partial charge in [0, 0.05) is 22.2 Å². The van der Waals surface area contributed by atoms with Gasteiger partial charge in [0.1, 0.15) is 11.8 Å². The zero-order valence-corrected chi connectivity index (χ0v) is 18.1. The Labute approximate surface area is 187 Å². The van der Waals surface area contributed by atoms with Crippen LogP contribution in [0, 0.1) is 18.3 Å². The van der Waals surface area contributed by atoms with Gasteiger partial charge in [0.05, 0.1) is 22.2 Å². The van der Waals surface area contributed by atoms with Crippen LogP contribution in [0.1, 0.15) is 28.5 Å². The molecule has 2 aromatic carbocycles. The summed E-state index contributed by atoms with van der Waals surface area (Å²) in [4.78, 5) is 30.3. The number of aromatic nitrogens is 1. The lowest BCUT2D eigenvalue weighted by atomic mass is 10.0. The van der Waals surface area contributed by atoms with E-state index in [2.05, 4.69) is 10.3 Å². The van der Waals surface area contributed by atoms with E-state index >= 15 is 0 Å². The van der Waals surface area contributed by atoms with Crippen molar-refractivity contribution in [3.63, 3.8) is 0 Å². The van der Waals surface area contributed by atoms with Gasteiger partial charge in [-0.3, -0.25) is 14.9 Å². The highest BCUT2D eigenvalue weighted by atomic mass is 32.1. The monoisotopic (exact) mass is 442 g/mol. The Morgan fingerprint density at radius 2 is 1.94 bits per heavy atom. The fraction of sp³-hybridized carbons (Fsp3) is 0.0833. The molecular formula is C24H18N4O3S. The van der Waals surface area contributed by atoms with Crippen LogP contribution in [0.15, 0.2) is 68.8 Å². The highest BCUT2D eigenvalue weighted by Crippen LogP contribution is 2.28. The fourth-order valence-corrected chi connectivity index (χ4v) is 4.01. The number of nitriles is 1. The van der Waals surface area contributed by atoms with Crippen molar-refractivity contribution < 1.29 is 9.21 Å². The lowest BCUT2D eigenvalue weighted by molar-refractivity contribution is 0.102. The van der Waals surface area contributed by atoms with E-state index in [-0.39, 0.29) is 22.1 Å². The first-order valence-corrected chi connectivity index (χ1v) is 10.5. The van der Waals surface area contributed by atoms with E-state index in [0.29, 0.717) is 33.2 Å². The average Bonchev–Trinajstić information content (AvgIpc) is 3.24. The maximum atomic E-state index is 13.0. The summed E-state index contributed by atoms with van der Waals surface area (Å²) in [5, 5.41) is 14.2. The second kappa shape index (κ2) is 8.49. The Morgan fingerprint density at radius 1 is 1.19 bits per heavy atom. The van der Waals surface area contributed by atoms with Gasteiger partial charge >= 0.3 is 0 Å². The van der Waals surface area contributed by atoms with Gasteiger partial charge < -0.3 is 10.2 Å². The molecule has 0 saturated carbocycles. The molecule has 3 N–H and O–H groups in total. The SMILES string of the molecule is CC(N)=C(C#N)c1csc(NC(=O)c2cccc3c(=O)c(C)c(-c4ccccc4)oc23)n1. The minimum absolute atomic E-state index is 0.196. The van der Waals surface area contributed by atoms with Crippen molar-refractivity contribution in [2.75, 3.05) is 5.32 Å². The first kappa shape index (κ1) is 21.0. The number of allylic oxidation sites excluding steroid dienone is 2. The molecule has 7 nitrogen and oxygen atoms in total. The first-order chi connectivity index (χ1) is 15.4. The molecule has 0 unspecified atom stereocenters. The van der Waals surface area contributed by atoms with Crippen LogP contribution in [0.3, 0.4) is 0 Å². The van der Waals surface area contributed by atoms with Crippen LogP contribution in [0.5, 0.6) is 0 Å². The first-order valence-electron chi connectivity index (χ1n) is 9.66. The summed E-state index contributed by atoms with van der Waals surface area (Å²) in [6, 6.07) is 16.1. The van der Waals surface area contributed by atoms with Crippen molar-refractivity contribution in [1.82, 2.24) is 4.98 Å². The maximum absolute atomic E-state index is 13.0. The number of hydrogen-bond acceptors (Lipinski definition) is 7. The number of rotatable bonds is 4. The number of thiazole rings is 1. The summed E-state index contributed by atoms with van der Waals surface area (Å²) in [5.41, 5.74) is 8.14. The number of nitrogens with two attached hydrogens (primary N) is 1. The molecule has 0 bridgehead atoms. The normalized spacial score (nSPS) is 11.7. The third-order valence-corrected chi connectivity index (χ3v) is 5.67. The topological polar surface area (TPSA) is 122 Å². The van der Waals surface area contributed by atoms with Crippen LogP contribution >= 0.6 is 11.3 Å². The van der Waals surface area contributed by atoms with E-state index in [1.807, 2.05) is 36.4 Å². The third kappa shape index (κ3) is 3.77.